The second-order valence-electron chi connectivity index (χ2n) is 4.97. The van der Waals surface area contributed by atoms with Crippen molar-refractivity contribution in [2.75, 3.05) is 19.0 Å². The van der Waals surface area contributed by atoms with Crippen molar-refractivity contribution in [3.05, 3.63) is 53.0 Å². The van der Waals surface area contributed by atoms with E-state index in [0.717, 1.165) is 18.2 Å². The third-order valence-electron chi connectivity index (χ3n) is 3.25. The minimum Gasteiger partial charge on any atom is -0.382 e. The number of aryl methyl sites for hydroxylation is 2. The molecule has 1 atom stereocenters. The summed E-state index contributed by atoms with van der Waals surface area (Å²) in [5, 5.41) is 3.19. The van der Waals surface area contributed by atoms with Gasteiger partial charge in [-0.3, -0.25) is 0 Å². The van der Waals surface area contributed by atoms with Gasteiger partial charge < -0.3 is 10.1 Å². The molecule has 1 aromatic carbocycles. The van der Waals surface area contributed by atoms with Crippen LogP contribution in [0.2, 0.25) is 0 Å². The Morgan fingerprint density at radius 2 is 1.95 bits per heavy atom. The molecule has 0 radical (unpaired) electrons. The number of hydrogen-bond acceptors (Lipinski definition) is 4. The van der Waals surface area contributed by atoms with Crippen LogP contribution in [0, 0.1) is 18.6 Å². The summed E-state index contributed by atoms with van der Waals surface area (Å²) in [6.07, 6.45) is 0.790. The van der Waals surface area contributed by atoms with Crippen LogP contribution in [0.5, 0.6) is 0 Å². The summed E-state index contributed by atoms with van der Waals surface area (Å²) in [5.74, 6) is -0.459. The molecule has 118 valence electrons. The number of methoxy groups -OCH3 is 1. The topological polar surface area (TPSA) is 47.0 Å². The van der Waals surface area contributed by atoms with Crippen LogP contribution in [0.1, 0.15) is 30.0 Å². The molecule has 0 amide bonds. The van der Waals surface area contributed by atoms with E-state index in [9.17, 15) is 8.78 Å². The zero-order chi connectivity index (χ0) is 16.1. The first-order valence-corrected chi connectivity index (χ1v) is 7.08. The molecular weight excluding hydrogens is 288 g/mol. The van der Waals surface area contributed by atoms with Gasteiger partial charge in [-0.15, -0.1) is 0 Å². The van der Waals surface area contributed by atoms with Crippen molar-refractivity contribution in [1.82, 2.24) is 9.97 Å². The van der Waals surface area contributed by atoms with Crippen molar-refractivity contribution in [2.45, 2.75) is 26.3 Å². The zero-order valence-corrected chi connectivity index (χ0v) is 12.9. The lowest BCUT2D eigenvalue weighted by Gasteiger charge is -2.19. The lowest BCUT2D eigenvalue weighted by atomic mass is 10.1. The first-order valence-electron chi connectivity index (χ1n) is 7.08. The highest BCUT2D eigenvalue weighted by Gasteiger charge is 2.15. The van der Waals surface area contributed by atoms with Gasteiger partial charge in [0.25, 0.3) is 0 Å². The Kier molecular flexibility index (Phi) is 5.38. The number of anilines is 1. The molecule has 0 aliphatic heterocycles. The van der Waals surface area contributed by atoms with Gasteiger partial charge >= 0.3 is 0 Å². The first-order chi connectivity index (χ1) is 10.5. The van der Waals surface area contributed by atoms with Gasteiger partial charge in [0.15, 0.2) is 11.6 Å². The zero-order valence-electron chi connectivity index (χ0n) is 12.9. The Morgan fingerprint density at radius 3 is 2.59 bits per heavy atom. The number of aromatic nitrogens is 2. The molecule has 1 unspecified atom stereocenters. The largest absolute Gasteiger partial charge is 0.382 e. The van der Waals surface area contributed by atoms with Crippen molar-refractivity contribution in [3.63, 3.8) is 0 Å². The molecule has 2 aromatic rings. The molecule has 0 aliphatic rings. The Morgan fingerprint density at radius 1 is 1.18 bits per heavy atom. The van der Waals surface area contributed by atoms with Crippen molar-refractivity contribution >= 4 is 5.82 Å². The highest BCUT2D eigenvalue weighted by atomic mass is 19.2. The molecule has 0 saturated carbocycles. The van der Waals surface area contributed by atoms with E-state index in [-0.39, 0.29) is 6.04 Å². The summed E-state index contributed by atoms with van der Waals surface area (Å²) < 4.78 is 31.7. The molecule has 0 aliphatic carbocycles. The fourth-order valence-corrected chi connectivity index (χ4v) is 2.18. The fourth-order valence-electron chi connectivity index (χ4n) is 2.18. The van der Waals surface area contributed by atoms with Gasteiger partial charge in [0.1, 0.15) is 11.6 Å². The SMILES string of the molecule is CCc1cc(NC(COC)c2ccc(F)c(F)c2)nc(C)n1. The van der Waals surface area contributed by atoms with Gasteiger partial charge in [0.2, 0.25) is 0 Å². The van der Waals surface area contributed by atoms with Crippen LogP contribution in [-0.2, 0) is 11.2 Å². The third-order valence-corrected chi connectivity index (χ3v) is 3.25. The van der Waals surface area contributed by atoms with Crippen LogP contribution in [0.3, 0.4) is 0 Å². The van der Waals surface area contributed by atoms with Gasteiger partial charge in [-0.05, 0) is 31.0 Å². The molecule has 1 aromatic heterocycles. The molecular formula is C16H19F2N3O. The van der Waals surface area contributed by atoms with E-state index in [1.54, 1.807) is 7.11 Å². The highest BCUT2D eigenvalue weighted by molar-refractivity contribution is 5.40. The lowest BCUT2D eigenvalue weighted by Crippen LogP contribution is -2.18. The van der Waals surface area contributed by atoms with Gasteiger partial charge in [0.05, 0.1) is 12.6 Å². The second kappa shape index (κ2) is 7.26. The number of ether oxygens (including phenoxy) is 1. The second-order valence-corrected chi connectivity index (χ2v) is 4.97. The van der Waals surface area contributed by atoms with Crippen LogP contribution in [0.15, 0.2) is 24.3 Å². The van der Waals surface area contributed by atoms with Crippen molar-refractivity contribution in [2.24, 2.45) is 0 Å². The number of benzene rings is 1. The van der Waals surface area contributed by atoms with Crippen molar-refractivity contribution < 1.29 is 13.5 Å². The highest BCUT2D eigenvalue weighted by Crippen LogP contribution is 2.21. The molecule has 22 heavy (non-hydrogen) atoms. The van der Waals surface area contributed by atoms with Gasteiger partial charge in [-0.1, -0.05) is 13.0 Å². The third kappa shape index (κ3) is 3.98. The summed E-state index contributed by atoms with van der Waals surface area (Å²) in [7, 11) is 1.55. The Labute approximate surface area is 128 Å². The predicted octanol–water partition coefficient (Wildman–Crippen LogP) is 3.43. The standard InChI is InChI=1S/C16H19F2N3O/c1-4-12-8-16(20-10(2)19-12)21-15(9-22-3)11-5-6-13(17)14(18)7-11/h5-8,15H,4,9H2,1-3H3,(H,19,20,21). The van der Waals surface area contributed by atoms with Gasteiger partial charge in [-0.2, -0.15) is 0 Å². The van der Waals surface area contributed by atoms with E-state index < -0.39 is 11.6 Å². The smallest absolute Gasteiger partial charge is 0.159 e. The van der Waals surface area contributed by atoms with E-state index in [1.165, 1.54) is 12.1 Å². The minimum absolute atomic E-state index is 0.301. The monoisotopic (exact) mass is 307 g/mol. The average molecular weight is 307 g/mol. The first kappa shape index (κ1) is 16.3. The summed E-state index contributed by atoms with van der Waals surface area (Å²) in [4.78, 5) is 8.64. The maximum Gasteiger partial charge on any atom is 0.159 e. The summed E-state index contributed by atoms with van der Waals surface area (Å²) in [5.41, 5.74) is 1.51. The van der Waals surface area contributed by atoms with Crippen LogP contribution >= 0.6 is 0 Å². The van der Waals surface area contributed by atoms with Gasteiger partial charge in [-0.25, -0.2) is 18.7 Å². The molecule has 6 heteroatoms. The van der Waals surface area contributed by atoms with E-state index >= 15 is 0 Å². The maximum atomic E-state index is 13.4. The quantitative estimate of drug-likeness (QED) is 0.888. The Hall–Kier alpha value is -2.08. The van der Waals surface area contributed by atoms with Crippen molar-refractivity contribution in [3.8, 4) is 0 Å². The summed E-state index contributed by atoms with van der Waals surface area (Å²) >= 11 is 0. The molecule has 1 heterocycles. The Bertz CT molecular complexity index is 649. The molecule has 4 nitrogen and oxygen atoms in total. The maximum absolute atomic E-state index is 13.4. The lowest BCUT2D eigenvalue weighted by molar-refractivity contribution is 0.186. The van der Waals surface area contributed by atoms with E-state index in [4.69, 9.17) is 4.74 Å². The van der Waals surface area contributed by atoms with Gasteiger partial charge in [0, 0.05) is 18.9 Å². The normalized spacial score (nSPS) is 12.2. The number of nitrogens with one attached hydrogen (secondary N) is 1. The van der Waals surface area contributed by atoms with Crippen LogP contribution < -0.4 is 5.32 Å². The molecule has 0 bridgehead atoms. The summed E-state index contributed by atoms with van der Waals surface area (Å²) in [6, 6.07) is 5.32. The van der Waals surface area contributed by atoms with Crippen LogP contribution in [-0.4, -0.2) is 23.7 Å². The molecule has 0 fully saturated rings. The fraction of sp³-hybridized carbons (Fsp3) is 0.375. The predicted molar refractivity (Wildman–Crippen MR) is 80.7 cm³/mol. The van der Waals surface area contributed by atoms with Crippen molar-refractivity contribution in [1.29, 1.82) is 0 Å². The molecule has 0 saturated heterocycles. The number of rotatable bonds is 6. The molecule has 1 N–H and O–H groups in total. The number of hydrogen-bond donors (Lipinski definition) is 1. The number of nitrogens with zero attached hydrogens (tertiary/aromatic N) is 2. The summed E-state index contributed by atoms with van der Waals surface area (Å²) in [6.45, 7) is 4.12. The molecule has 0 spiro atoms. The minimum atomic E-state index is -0.881. The number of halogens is 2. The van der Waals surface area contributed by atoms with E-state index in [1.807, 2.05) is 19.9 Å². The van der Waals surface area contributed by atoms with E-state index in [2.05, 4.69) is 15.3 Å². The van der Waals surface area contributed by atoms with Crippen LogP contribution in [0.4, 0.5) is 14.6 Å². The van der Waals surface area contributed by atoms with Crippen LogP contribution in [0.25, 0.3) is 0 Å². The average Bonchev–Trinajstić information content (AvgIpc) is 2.49. The van der Waals surface area contributed by atoms with E-state index in [0.29, 0.717) is 23.8 Å². The molecule has 2 rings (SSSR count). The Balaban J connectivity index is 2.28.